The van der Waals surface area contributed by atoms with Gasteiger partial charge in [-0.3, -0.25) is 19.1 Å². The van der Waals surface area contributed by atoms with Crippen molar-refractivity contribution in [3.05, 3.63) is 105 Å². The summed E-state index contributed by atoms with van der Waals surface area (Å²) >= 11 is 0. The van der Waals surface area contributed by atoms with Gasteiger partial charge in [-0.1, -0.05) is 44.2 Å². The zero-order valence-corrected chi connectivity index (χ0v) is 18.0. The first-order valence-corrected chi connectivity index (χ1v) is 10.5. The minimum Gasteiger partial charge on any atom is -0.349 e. The van der Waals surface area contributed by atoms with Crippen LogP contribution in [0.2, 0.25) is 0 Å². The average Bonchev–Trinajstić information content (AvgIpc) is 2.81. The highest BCUT2D eigenvalue weighted by Gasteiger charge is 2.16. The van der Waals surface area contributed by atoms with Crippen LogP contribution in [0.5, 0.6) is 0 Å². The number of hydrogen-bond donors (Lipinski definition) is 1. The fourth-order valence-electron chi connectivity index (χ4n) is 3.60. The molecule has 2 aromatic carbocycles. The lowest BCUT2D eigenvalue weighted by atomic mass is 10.0. The van der Waals surface area contributed by atoms with Gasteiger partial charge in [-0.15, -0.1) is 0 Å². The number of fused-ring (bicyclic) bond motifs is 1. The van der Waals surface area contributed by atoms with E-state index in [-0.39, 0.29) is 19.0 Å². The molecule has 32 heavy (non-hydrogen) atoms. The monoisotopic (exact) mass is 428 g/mol. The number of hydrogen-bond acceptors (Lipinski definition) is 4. The fourth-order valence-corrected chi connectivity index (χ4v) is 3.60. The van der Waals surface area contributed by atoms with Crippen LogP contribution in [-0.4, -0.2) is 20.0 Å². The normalized spacial score (nSPS) is 11.1. The van der Waals surface area contributed by atoms with E-state index in [9.17, 15) is 14.4 Å². The molecular weight excluding hydrogens is 404 g/mol. The summed E-state index contributed by atoms with van der Waals surface area (Å²) in [6, 6.07) is 19.6. The van der Waals surface area contributed by atoms with Crippen molar-refractivity contribution in [1.82, 2.24) is 19.4 Å². The third-order valence-corrected chi connectivity index (χ3v) is 5.36. The number of carbonyl (C=O) groups excluding carboxylic acids is 1. The lowest BCUT2D eigenvalue weighted by Crippen LogP contribution is -2.41. The van der Waals surface area contributed by atoms with E-state index < -0.39 is 11.2 Å². The molecular formula is C25H24N4O3. The molecule has 2 aromatic heterocycles. The van der Waals surface area contributed by atoms with Gasteiger partial charge in [0.15, 0.2) is 0 Å². The second kappa shape index (κ2) is 9.01. The number of benzene rings is 2. The Labute approximate surface area is 185 Å². The summed E-state index contributed by atoms with van der Waals surface area (Å²) in [4.78, 5) is 43.4. The van der Waals surface area contributed by atoms with Gasteiger partial charge in [0, 0.05) is 6.20 Å². The Morgan fingerprint density at radius 1 is 0.969 bits per heavy atom. The lowest BCUT2D eigenvalue weighted by Gasteiger charge is -2.15. The van der Waals surface area contributed by atoms with Crippen LogP contribution in [0.15, 0.2) is 82.5 Å². The zero-order valence-electron chi connectivity index (χ0n) is 18.0. The molecule has 0 saturated carbocycles. The van der Waals surface area contributed by atoms with Gasteiger partial charge in [-0.05, 0) is 47.9 Å². The van der Waals surface area contributed by atoms with E-state index in [1.165, 1.54) is 4.57 Å². The number of aromatic nitrogens is 3. The Kier molecular flexibility index (Phi) is 5.98. The highest BCUT2D eigenvalue weighted by atomic mass is 16.2. The molecule has 0 aliphatic carbocycles. The van der Waals surface area contributed by atoms with Crippen LogP contribution in [0.4, 0.5) is 0 Å². The topological polar surface area (TPSA) is 86.0 Å². The number of carbonyl (C=O) groups is 1. The Bertz CT molecular complexity index is 1370. The molecule has 0 aliphatic rings. The largest absolute Gasteiger partial charge is 0.349 e. The predicted molar refractivity (Wildman–Crippen MR) is 124 cm³/mol. The molecule has 0 spiro atoms. The van der Waals surface area contributed by atoms with Crippen molar-refractivity contribution < 1.29 is 4.79 Å². The van der Waals surface area contributed by atoms with E-state index in [0.717, 1.165) is 10.1 Å². The highest BCUT2D eigenvalue weighted by molar-refractivity contribution is 5.81. The first kappa shape index (κ1) is 21.2. The van der Waals surface area contributed by atoms with Crippen molar-refractivity contribution in [2.24, 2.45) is 0 Å². The number of amides is 1. The van der Waals surface area contributed by atoms with E-state index in [1.54, 1.807) is 48.7 Å². The van der Waals surface area contributed by atoms with Crippen molar-refractivity contribution in [3.63, 3.8) is 0 Å². The summed E-state index contributed by atoms with van der Waals surface area (Å²) in [6.07, 6.45) is 1.65. The van der Waals surface area contributed by atoms with Crippen LogP contribution < -0.4 is 16.6 Å². The van der Waals surface area contributed by atoms with E-state index in [2.05, 4.69) is 24.1 Å². The molecule has 162 valence electrons. The molecule has 0 aliphatic heterocycles. The summed E-state index contributed by atoms with van der Waals surface area (Å²) in [5, 5.41) is 3.16. The van der Waals surface area contributed by atoms with E-state index in [4.69, 9.17) is 0 Å². The Balaban J connectivity index is 1.74. The smallest absolute Gasteiger partial charge is 0.336 e. The number of nitrogens with zero attached hydrogens (tertiary/aromatic N) is 3. The standard InChI is InChI=1S/C25H24N4O3/c1-17(2)18-10-12-20(13-11-18)29-24(31)21-8-3-4-9-22(21)28(25(29)32)16-23(30)27-15-19-7-5-6-14-26-19/h3-14,17H,15-16H2,1-2H3,(H,27,30). The summed E-state index contributed by atoms with van der Waals surface area (Å²) in [6.45, 7) is 4.20. The number of para-hydroxylation sites is 1. The molecule has 4 rings (SSSR count). The molecule has 0 fully saturated rings. The van der Waals surface area contributed by atoms with E-state index >= 15 is 0 Å². The maximum atomic E-state index is 13.4. The summed E-state index contributed by atoms with van der Waals surface area (Å²) < 4.78 is 2.46. The summed E-state index contributed by atoms with van der Waals surface area (Å²) in [5.41, 5.74) is 1.75. The third-order valence-electron chi connectivity index (χ3n) is 5.36. The van der Waals surface area contributed by atoms with Crippen LogP contribution in [0.25, 0.3) is 16.6 Å². The van der Waals surface area contributed by atoms with Crippen LogP contribution in [0.1, 0.15) is 31.0 Å². The Morgan fingerprint density at radius 2 is 1.69 bits per heavy atom. The van der Waals surface area contributed by atoms with Gasteiger partial charge in [0.2, 0.25) is 5.91 Å². The molecule has 1 N–H and O–H groups in total. The number of rotatable bonds is 6. The van der Waals surface area contributed by atoms with Gasteiger partial charge in [0.1, 0.15) is 6.54 Å². The predicted octanol–water partition coefficient (Wildman–Crippen LogP) is 2.99. The maximum Gasteiger partial charge on any atom is 0.336 e. The van der Waals surface area contributed by atoms with Crippen LogP contribution in [0.3, 0.4) is 0 Å². The van der Waals surface area contributed by atoms with E-state index in [0.29, 0.717) is 28.2 Å². The highest BCUT2D eigenvalue weighted by Crippen LogP contribution is 2.16. The van der Waals surface area contributed by atoms with Gasteiger partial charge in [0.25, 0.3) is 5.56 Å². The summed E-state index contributed by atoms with van der Waals surface area (Å²) in [5.74, 6) is -0.0138. The van der Waals surface area contributed by atoms with Crippen molar-refractivity contribution in [2.75, 3.05) is 0 Å². The van der Waals surface area contributed by atoms with Gasteiger partial charge in [-0.25, -0.2) is 9.36 Å². The van der Waals surface area contributed by atoms with Gasteiger partial charge < -0.3 is 5.32 Å². The quantitative estimate of drug-likeness (QED) is 0.512. The van der Waals surface area contributed by atoms with Crippen molar-refractivity contribution in [3.8, 4) is 5.69 Å². The second-order valence-corrected chi connectivity index (χ2v) is 7.87. The molecule has 0 bridgehead atoms. The fraction of sp³-hybridized carbons (Fsp3) is 0.200. The summed E-state index contributed by atoms with van der Waals surface area (Å²) in [7, 11) is 0. The van der Waals surface area contributed by atoms with Crippen LogP contribution in [0, 0.1) is 0 Å². The first-order chi connectivity index (χ1) is 15.5. The molecule has 7 heteroatoms. The minimum absolute atomic E-state index is 0.212. The molecule has 0 unspecified atom stereocenters. The number of pyridine rings is 1. The second-order valence-electron chi connectivity index (χ2n) is 7.87. The zero-order chi connectivity index (χ0) is 22.7. The van der Waals surface area contributed by atoms with Gasteiger partial charge >= 0.3 is 5.69 Å². The lowest BCUT2D eigenvalue weighted by molar-refractivity contribution is -0.121. The van der Waals surface area contributed by atoms with Crippen LogP contribution >= 0.6 is 0 Å². The molecule has 7 nitrogen and oxygen atoms in total. The molecule has 0 saturated heterocycles. The Morgan fingerprint density at radius 3 is 2.38 bits per heavy atom. The molecule has 0 atom stereocenters. The molecule has 4 aromatic rings. The molecule has 0 radical (unpaired) electrons. The van der Waals surface area contributed by atoms with Gasteiger partial charge in [0.05, 0.1) is 28.8 Å². The van der Waals surface area contributed by atoms with Crippen molar-refractivity contribution >= 4 is 16.8 Å². The maximum absolute atomic E-state index is 13.4. The third kappa shape index (κ3) is 4.23. The molecule has 1 amide bonds. The SMILES string of the molecule is CC(C)c1ccc(-n2c(=O)c3ccccc3n(CC(=O)NCc3ccccn3)c2=O)cc1. The van der Waals surface area contributed by atoms with Crippen molar-refractivity contribution in [2.45, 2.75) is 32.9 Å². The van der Waals surface area contributed by atoms with Crippen LogP contribution in [-0.2, 0) is 17.9 Å². The molecule has 2 heterocycles. The first-order valence-electron chi connectivity index (χ1n) is 10.5. The van der Waals surface area contributed by atoms with Crippen molar-refractivity contribution in [1.29, 1.82) is 0 Å². The van der Waals surface area contributed by atoms with Gasteiger partial charge in [-0.2, -0.15) is 0 Å². The Hall–Kier alpha value is -4.00. The van der Waals surface area contributed by atoms with E-state index in [1.807, 2.05) is 24.3 Å². The minimum atomic E-state index is -0.556. The number of nitrogens with one attached hydrogen (secondary N) is 1. The average molecular weight is 428 g/mol.